The molecule has 0 unspecified atom stereocenters. The summed E-state index contributed by atoms with van der Waals surface area (Å²) in [6.45, 7) is 5.83. The molecule has 0 radical (unpaired) electrons. The van der Waals surface area contributed by atoms with Gasteiger partial charge in [-0.2, -0.15) is 5.21 Å². The summed E-state index contributed by atoms with van der Waals surface area (Å²) < 4.78 is 2.35. The number of carbonyl (C=O) groups excluding carboxylic acids is 1. The number of aromatic nitrogens is 6. The highest BCUT2D eigenvalue weighted by atomic mass is 16.2. The molecule has 6 rings (SSSR count). The van der Waals surface area contributed by atoms with E-state index in [0.29, 0.717) is 12.2 Å². The molecule has 0 atom stereocenters. The second-order valence-corrected chi connectivity index (χ2v) is 10.3. The summed E-state index contributed by atoms with van der Waals surface area (Å²) in [5, 5.41) is 14.6. The minimum atomic E-state index is 0.217. The first kappa shape index (κ1) is 25.0. The molecule has 198 valence electrons. The van der Waals surface area contributed by atoms with Gasteiger partial charge >= 0.3 is 0 Å². The van der Waals surface area contributed by atoms with E-state index in [1.54, 1.807) is 0 Å². The monoisotopic (exact) mass is 519 g/mol. The van der Waals surface area contributed by atoms with Gasteiger partial charge in [-0.1, -0.05) is 61.9 Å². The van der Waals surface area contributed by atoms with Gasteiger partial charge in [-0.3, -0.25) is 4.79 Å². The van der Waals surface area contributed by atoms with Crippen molar-refractivity contribution >= 4 is 22.6 Å². The fraction of sp³-hybridized carbons (Fsp3) is 0.323. The van der Waals surface area contributed by atoms with Gasteiger partial charge in [0.1, 0.15) is 5.82 Å². The quantitative estimate of drug-likeness (QED) is 0.267. The smallest absolute Gasteiger partial charge is 0.226 e. The minimum Gasteiger partial charge on any atom is -0.323 e. The molecule has 0 aliphatic carbocycles. The van der Waals surface area contributed by atoms with Gasteiger partial charge in [-0.05, 0) is 65.8 Å². The number of hydrogen-bond donors (Lipinski definition) is 1. The maximum Gasteiger partial charge on any atom is 0.226 e. The van der Waals surface area contributed by atoms with Crippen molar-refractivity contribution in [2.24, 2.45) is 0 Å². The van der Waals surface area contributed by atoms with Crippen LogP contribution >= 0.6 is 0 Å². The zero-order chi connectivity index (χ0) is 26.8. The number of fused-ring (bicyclic) bond motifs is 1. The SMILES string of the molecule is CCCCc1nc2c(C)cc(N3CCCCC3=O)cc2n1Cc1ccc(-c2ccccc2-c2nn[nH]n2)cc1. The van der Waals surface area contributed by atoms with E-state index in [1.807, 2.05) is 23.1 Å². The number of nitrogens with zero attached hydrogens (tertiary/aromatic N) is 6. The average Bonchev–Trinajstić information content (AvgIpc) is 3.62. The predicted octanol–water partition coefficient (Wildman–Crippen LogP) is 6.10. The Balaban J connectivity index is 1.36. The topological polar surface area (TPSA) is 92.6 Å². The first-order chi connectivity index (χ1) is 19.1. The van der Waals surface area contributed by atoms with Crippen molar-refractivity contribution < 1.29 is 4.79 Å². The van der Waals surface area contributed by atoms with Crippen LogP contribution in [0.15, 0.2) is 60.7 Å². The molecular formula is C31H33N7O. The Bertz CT molecular complexity index is 1600. The highest BCUT2D eigenvalue weighted by Crippen LogP contribution is 2.32. The number of carbonyl (C=O) groups is 1. The van der Waals surface area contributed by atoms with Crippen LogP contribution in [0.1, 0.15) is 56.0 Å². The number of anilines is 1. The molecule has 2 aromatic heterocycles. The first-order valence-corrected chi connectivity index (χ1v) is 13.8. The van der Waals surface area contributed by atoms with Crippen molar-refractivity contribution in [1.82, 2.24) is 30.2 Å². The third kappa shape index (κ3) is 4.94. The highest BCUT2D eigenvalue weighted by Gasteiger charge is 2.22. The Morgan fingerprint density at radius 1 is 1.00 bits per heavy atom. The summed E-state index contributed by atoms with van der Waals surface area (Å²) in [6.07, 6.45) is 5.78. The average molecular weight is 520 g/mol. The van der Waals surface area contributed by atoms with Crippen LogP contribution in [0.2, 0.25) is 0 Å². The van der Waals surface area contributed by atoms with E-state index in [2.05, 4.69) is 81.5 Å². The zero-order valence-corrected chi connectivity index (χ0v) is 22.5. The van der Waals surface area contributed by atoms with Crippen molar-refractivity contribution in [3.8, 4) is 22.5 Å². The number of hydrogen-bond acceptors (Lipinski definition) is 5. The summed E-state index contributed by atoms with van der Waals surface area (Å²) in [7, 11) is 0. The molecule has 1 aliphatic rings. The summed E-state index contributed by atoms with van der Waals surface area (Å²) >= 11 is 0. The fourth-order valence-electron chi connectivity index (χ4n) is 5.54. The van der Waals surface area contributed by atoms with Gasteiger partial charge in [-0.15, -0.1) is 10.2 Å². The van der Waals surface area contributed by atoms with Crippen molar-refractivity contribution in [3.05, 3.63) is 77.6 Å². The van der Waals surface area contributed by atoms with Crippen molar-refractivity contribution in [2.75, 3.05) is 11.4 Å². The first-order valence-electron chi connectivity index (χ1n) is 13.8. The van der Waals surface area contributed by atoms with Gasteiger partial charge in [0, 0.05) is 37.2 Å². The van der Waals surface area contributed by atoms with Gasteiger partial charge in [0.25, 0.3) is 0 Å². The molecule has 3 aromatic carbocycles. The molecule has 1 N–H and O–H groups in total. The van der Waals surface area contributed by atoms with Crippen LogP contribution in [0, 0.1) is 6.92 Å². The van der Waals surface area contributed by atoms with E-state index in [4.69, 9.17) is 4.98 Å². The van der Waals surface area contributed by atoms with Gasteiger partial charge in [0.05, 0.1) is 11.0 Å². The van der Waals surface area contributed by atoms with Crippen LogP contribution in [0.25, 0.3) is 33.5 Å². The second kappa shape index (κ2) is 10.8. The molecule has 5 aromatic rings. The van der Waals surface area contributed by atoms with Crippen LogP contribution in [-0.4, -0.2) is 42.6 Å². The highest BCUT2D eigenvalue weighted by molar-refractivity contribution is 5.96. The summed E-state index contributed by atoms with van der Waals surface area (Å²) in [4.78, 5) is 19.7. The number of amides is 1. The fourth-order valence-corrected chi connectivity index (χ4v) is 5.54. The lowest BCUT2D eigenvalue weighted by molar-refractivity contribution is -0.119. The van der Waals surface area contributed by atoms with Crippen LogP contribution in [0.5, 0.6) is 0 Å². The van der Waals surface area contributed by atoms with Gasteiger partial charge < -0.3 is 9.47 Å². The molecule has 1 aliphatic heterocycles. The van der Waals surface area contributed by atoms with E-state index in [1.165, 1.54) is 5.56 Å². The standard InChI is InChI=1S/C31H33N7O/c1-3-4-11-28-32-30-21(2)18-24(37-17-8-7-12-29(37)39)19-27(30)38(28)20-22-13-15-23(16-14-22)25-9-5-6-10-26(25)31-33-35-36-34-31/h5-6,9-10,13-16,18-19H,3-4,7-8,11-12,17,20H2,1-2H3,(H,33,34,35,36). The zero-order valence-electron chi connectivity index (χ0n) is 22.5. The van der Waals surface area contributed by atoms with E-state index in [0.717, 1.165) is 90.0 Å². The molecule has 1 fully saturated rings. The molecule has 0 spiro atoms. The lowest BCUT2D eigenvalue weighted by atomic mass is 9.98. The maximum absolute atomic E-state index is 12.7. The van der Waals surface area contributed by atoms with E-state index >= 15 is 0 Å². The lowest BCUT2D eigenvalue weighted by Crippen LogP contribution is -2.35. The van der Waals surface area contributed by atoms with Crippen LogP contribution in [0.4, 0.5) is 5.69 Å². The van der Waals surface area contributed by atoms with Crippen molar-refractivity contribution in [1.29, 1.82) is 0 Å². The molecule has 1 saturated heterocycles. The Morgan fingerprint density at radius 3 is 2.56 bits per heavy atom. The normalized spacial score (nSPS) is 13.9. The molecule has 8 heteroatoms. The number of tetrazole rings is 1. The van der Waals surface area contributed by atoms with Gasteiger partial charge in [0.15, 0.2) is 0 Å². The van der Waals surface area contributed by atoms with Gasteiger partial charge in [-0.25, -0.2) is 4.98 Å². The molecule has 8 nitrogen and oxygen atoms in total. The van der Waals surface area contributed by atoms with Crippen LogP contribution < -0.4 is 4.90 Å². The number of imidazole rings is 1. The van der Waals surface area contributed by atoms with Crippen LogP contribution in [-0.2, 0) is 17.8 Å². The second-order valence-electron chi connectivity index (χ2n) is 10.3. The summed E-state index contributed by atoms with van der Waals surface area (Å²) in [5.74, 6) is 1.90. The minimum absolute atomic E-state index is 0.217. The maximum atomic E-state index is 12.7. The van der Waals surface area contributed by atoms with Crippen molar-refractivity contribution in [3.63, 3.8) is 0 Å². The number of aromatic amines is 1. The van der Waals surface area contributed by atoms with Crippen LogP contribution in [0.3, 0.4) is 0 Å². The molecule has 39 heavy (non-hydrogen) atoms. The summed E-state index contributed by atoms with van der Waals surface area (Å²) in [5.41, 5.74) is 8.53. The predicted molar refractivity (Wildman–Crippen MR) is 153 cm³/mol. The third-order valence-corrected chi connectivity index (χ3v) is 7.62. The summed E-state index contributed by atoms with van der Waals surface area (Å²) in [6, 6.07) is 21.1. The van der Waals surface area contributed by atoms with E-state index in [9.17, 15) is 4.79 Å². The number of piperidine rings is 1. The third-order valence-electron chi connectivity index (χ3n) is 7.62. The number of aryl methyl sites for hydroxylation is 2. The van der Waals surface area contributed by atoms with Gasteiger partial charge in [0.2, 0.25) is 11.7 Å². The number of unbranched alkanes of at least 4 members (excludes halogenated alkanes) is 1. The molecule has 1 amide bonds. The Hall–Kier alpha value is -4.33. The Kier molecular flexibility index (Phi) is 6.92. The number of benzene rings is 3. The molecule has 0 bridgehead atoms. The van der Waals surface area contributed by atoms with E-state index in [-0.39, 0.29) is 5.91 Å². The number of H-pyrrole nitrogens is 1. The number of nitrogens with one attached hydrogen (secondary N) is 1. The molecule has 3 heterocycles. The van der Waals surface area contributed by atoms with E-state index < -0.39 is 0 Å². The molecular weight excluding hydrogens is 486 g/mol. The Labute approximate surface area is 228 Å². The Morgan fingerprint density at radius 2 is 1.82 bits per heavy atom. The van der Waals surface area contributed by atoms with Crippen molar-refractivity contribution in [2.45, 2.75) is 58.9 Å². The lowest BCUT2D eigenvalue weighted by Gasteiger charge is -2.27. The largest absolute Gasteiger partial charge is 0.323 e. The molecule has 0 saturated carbocycles. The number of rotatable bonds is 8.